The van der Waals surface area contributed by atoms with Crippen molar-refractivity contribution in [3.8, 4) is 5.75 Å². The van der Waals surface area contributed by atoms with Crippen LogP contribution in [0, 0.1) is 6.92 Å². The van der Waals surface area contributed by atoms with Crippen molar-refractivity contribution >= 4 is 29.5 Å². The number of nitrogens with zero attached hydrogens (tertiary/aromatic N) is 1. The zero-order chi connectivity index (χ0) is 25.7. The molecule has 2 heterocycles. The fourth-order valence-corrected chi connectivity index (χ4v) is 4.24. The molecule has 188 valence electrons. The SMILES string of the molecule is COC(=O)C1=C(C)N(c2ccc(C)cc2)C(=O)/C1=C\c1ccc(OCC(=O)NC[C@H]2CCCO2)cc1. The summed E-state index contributed by atoms with van der Waals surface area (Å²) in [7, 11) is 1.29. The molecule has 1 atom stereocenters. The molecule has 2 aromatic rings. The summed E-state index contributed by atoms with van der Waals surface area (Å²) in [5.74, 6) is -0.577. The van der Waals surface area contributed by atoms with Crippen LogP contribution in [0.5, 0.6) is 5.75 Å². The number of ether oxygens (including phenoxy) is 3. The summed E-state index contributed by atoms with van der Waals surface area (Å²) in [5.41, 5.74) is 3.44. The van der Waals surface area contributed by atoms with E-state index >= 15 is 0 Å². The van der Waals surface area contributed by atoms with Crippen molar-refractivity contribution in [2.75, 3.05) is 31.8 Å². The first-order chi connectivity index (χ1) is 17.4. The van der Waals surface area contributed by atoms with E-state index in [1.165, 1.54) is 12.0 Å². The van der Waals surface area contributed by atoms with Gasteiger partial charge in [-0.2, -0.15) is 0 Å². The maximum absolute atomic E-state index is 13.4. The Kier molecular flexibility index (Phi) is 7.85. The molecular weight excluding hydrogens is 460 g/mol. The van der Waals surface area contributed by atoms with Crippen molar-refractivity contribution in [3.05, 3.63) is 76.5 Å². The van der Waals surface area contributed by atoms with Gasteiger partial charge in [-0.15, -0.1) is 0 Å². The van der Waals surface area contributed by atoms with E-state index in [0.29, 0.717) is 29.2 Å². The maximum Gasteiger partial charge on any atom is 0.340 e. The van der Waals surface area contributed by atoms with Gasteiger partial charge in [0.05, 0.1) is 24.4 Å². The molecule has 36 heavy (non-hydrogen) atoms. The van der Waals surface area contributed by atoms with Crippen LogP contribution in [0.2, 0.25) is 0 Å². The van der Waals surface area contributed by atoms with Crippen LogP contribution >= 0.6 is 0 Å². The fourth-order valence-electron chi connectivity index (χ4n) is 4.24. The molecule has 0 aliphatic carbocycles. The van der Waals surface area contributed by atoms with E-state index in [9.17, 15) is 14.4 Å². The number of hydrogen-bond donors (Lipinski definition) is 1. The van der Waals surface area contributed by atoms with Gasteiger partial charge in [0.2, 0.25) is 0 Å². The van der Waals surface area contributed by atoms with Crippen LogP contribution in [0.4, 0.5) is 5.69 Å². The molecule has 2 amide bonds. The number of carbonyl (C=O) groups is 3. The Morgan fingerprint density at radius 1 is 1.11 bits per heavy atom. The zero-order valence-electron chi connectivity index (χ0n) is 20.7. The first-order valence-electron chi connectivity index (χ1n) is 11.9. The Labute approximate surface area is 210 Å². The standard InChI is InChI=1S/C28H30N2O6/c1-18-6-10-21(11-7-18)30-19(2)26(28(33)34-3)24(27(30)32)15-20-8-12-22(13-9-20)36-17-25(31)29-16-23-5-4-14-35-23/h6-13,15,23H,4-5,14,16-17H2,1-3H3,(H,29,31)/b24-15-/t23-/m1/s1. The highest BCUT2D eigenvalue weighted by atomic mass is 16.5. The monoisotopic (exact) mass is 490 g/mol. The highest BCUT2D eigenvalue weighted by Crippen LogP contribution is 2.35. The maximum atomic E-state index is 13.4. The van der Waals surface area contributed by atoms with Gasteiger partial charge in [0, 0.05) is 24.5 Å². The van der Waals surface area contributed by atoms with Crippen LogP contribution in [0.15, 0.2) is 65.4 Å². The van der Waals surface area contributed by atoms with Crippen LogP contribution in [0.3, 0.4) is 0 Å². The predicted octanol–water partition coefficient (Wildman–Crippen LogP) is 3.55. The molecule has 2 aromatic carbocycles. The first kappa shape index (κ1) is 25.2. The molecule has 8 heteroatoms. The van der Waals surface area contributed by atoms with E-state index in [0.717, 1.165) is 25.0 Å². The molecule has 0 aromatic heterocycles. The van der Waals surface area contributed by atoms with Crippen LogP contribution in [-0.2, 0) is 23.9 Å². The zero-order valence-corrected chi connectivity index (χ0v) is 20.7. The second-order valence-corrected chi connectivity index (χ2v) is 8.78. The molecule has 1 saturated heterocycles. The number of anilines is 1. The van der Waals surface area contributed by atoms with Crippen LogP contribution in [0.1, 0.15) is 30.9 Å². The minimum Gasteiger partial charge on any atom is -0.484 e. The summed E-state index contributed by atoms with van der Waals surface area (Å²) in [6, 6.07) is 14.5. The molecule has 0 unspecified atom stereocenters. The van der Waals surface area contributed by atoms with E-state index in [1.54, 1.807) is 37.3 Å². The normalized spacial score (nSPS) is 18.6. The summed E-state index contributed by atoms with van der Waals surface area (Å²) in [4.78, 5) is 39.5. The first-order valence-corrected chi connectivity index (χ1v) is 11.9. The molecule has 0 bridgehead atoms. The van der Waals surface area contributed by atoms with E-state index < -0.39 is 5.97 Å². The summed E-state index contributed by atoms with van der Waals surface area (Å²) < 4.78 is 16.0. The van der Waals surface area contributed by atoms with E-state index in [2.05, 4.69) is 5.32 Å². The van der Waals surface area contributed by atoms with E-state index in [-0.39, 0.29) is 35.7 Å². The number of carbonyl (C=O) groups excluding carboxylic acids is 3. The molecule has 2 aliphatic heterocycles. The Morgan fingerprint density at radius 2 is 1.83 bits per heavy atom. The predicted molar refractivity (Wildman–Crippen MR) is 135 cm³/mol. The average Bonchev–Trinajstić information content (AvgIpc) is 3.49. The Morgan fingerprint density at radius 3 is 2.47 bits per heavy atom. The number of aryl methyl sites for hydroxylation is 1. The van der Waals surface area contributed by atoms with Gasteiger partial charge in [-0.25, -0.2) is 4.79 Å². The van der Waals surface area contributed by atoms with E-state index in [4.69, 9.17) is 14.2 Å². The number of hydrogen-bond acceptors (Lipinski definition) is 6. The molecule has 0 saturated carbocycles. The average molecular weight is 491 g/mol. The van der Waals surface area contributed by atoms with Gasteiger partial charge >= 0.3 is 5.97 Å². The molecular formula is C28H30N2O6. The Bertz CT molecular complexity index is 1190. The van der Waals surface area contributed by atoms with Crippen LogP contribution in [-0.4, -0.2) is 50.8 Å². The highest BCUT2D eigenvalue weighted by Gasteiger charge is 2.37. The minimum absolute atomic E-state index is 0.0778. The topological polar surface area (TPSA) is 94.2 Å². The summed E-state index contributed by atoms with van der Waals surface area (Å²) in [5, 5.41) is 2.82. The number of methoxy groups -OCH3 is 1. The number of amides is 2. The number of benzene rings is 2. The molecule has 8 nitrogen and oxygen atoms in total. The van der Waals surface area contributed by atoms with Crippen molar-refractivity contribution in [1.29, 1.82) is 0 Å². The third kappa shape index (κ3) is 5.66. The summed E-state index contributed by atoms with van der Waals surface area (Å²) >= 11 is 0. The largest absolute Gasteiger partial charge is 0.484 e. The minimum atomic E-state index is -0.573. The van der Waals surface area contributed by atoms with Crippen molar-refractivity contribution < 1.29 is 28.6 Å². The second kappa shape index (κ2) is 11.2. The van der Waals surface area contributed by atoms with Gasteiger partial charge in [-0.3, -0.25) is 14.5 Å². The lowest BCUT2D eigenvalue weighted by Gasteiger charge is -2.18. The number of esters is 1. The van der Waals surface area contributed by atoms with Crippen LogP contribution < -0.4 is 15.0 Å². The number of nitrogens with one attached hydrogen (secondary N) is 1. The van der Waals surface area contributed by atoms with Gasteiger partial charge in [-0.1, -0.05) is 29.8 Å². The fraction of sp³-hybridized carbons (Fsp3) is 0.321. The quantitative estimate of drug-likeness (QED) is 0.449. The molecule has 2 aliphatic rings. The van der Waals surface area contributed by atoms with Gasteiger partial charge in [0.25, 0.3) is 11.8 Å². The molecule has 1 fully saturated rings. The molecule has 4 rings (SSSR count). The Hall–Kier alpha value is -3.91. The lowest BCUT2D eigenvalue weighted by Crippen LogP contribution is -2.35. The number of allylic oxidation sites excluding steroid dienone is 1. The van der Waals surface area contributed by atoms with Crippen molar-refractivity contribution in [2.45, 2.75) is 32.8 Å². The molecule has 0 radical (unpaired) electrons. The highest BCUT2D eigenvalue weighted by molar-refractivity contribution is 6.23. The lowest BCUT2D eigenvalue weighted by molar-refractivity contribution is -0.136. The smallest absolute Gasteiger partial charge is 0.340 e. The van der Waals surface area contributed by atoms with Gasteiger partial charge in [0.1, 0.15) is 5.75 Å². The van der Waals surface area contributed by atoms with Gasteiger partial charge in [-0.05, 0) is 62.6 Å². The van der Waals surface area contributed by atoms with Gasteiger partial charge < -0.3 is 19.5 Å². The van der Waals surface area contributed by atoms with Crippen molar-refractivity contribution in [2.24, 2.45) is 0 Å². The second-order valence-electron chi connectivity index (χ2n) is 8.78. The third-order valence-corrected chi connectivity index (χ3v) is 6.19. The van der Waals surface area contributed by atoms with Crippen molar-refractivity contribution in [1.82, 2.24) is 5.32 Å². The lowest BCUT2D eigenvalue weighted by atomic mass is 10.0. The summed E-state index contributed by atoms with van der Waals surface area (Å²) in [6.45, 7) is 4.81. The number of rotatable bonds is 8. The summed E-state index contributed by atoms with van der Waals surface area (Å²) in [6.07, 6.45) is 3.71. The van der Waals surface area contributed by atoms with Crippen molar-refractivity contribution in [3.63, 3.8) is 0 Å². The molecule has 0 spiro atoms. The van der Waals surface area contributed by atoms with E-state index in [1.807, 2.05) is 31.2 Å². The van der Waals surface area contributed by atoms with Crippen LogP contribution in [0.25, 0.3) is 6.08 Å². The van der Waals surface area contributed by atoms with Gasteiger partial charge in [0.15, 0.2) is 6.61 Å². The third-order valence-electron chi connectivity index (χ3n) is 6.19. The Balaban J connectivity index is 1.46. The molecule has 1 N–H and O–H groups in total.